The zero-order chi connectivity index (χ0) is 24.9. The van der Waals surface area contributed by atoms with Crippen LogP contribution in [-0.2, 0) is 11.3 Å². The van der Waals surface area contributed by atoms with Crippen LogP contribution in [0.1, 0.15) is 18.9 Å². The molecule has 1 amide bonds. The number of fused-ring (bicyclic) bond motifs is 1. The van der Waals surface area contributed by atoms with E-state index in [-0.39, 0.29) is 5.91 Å². The van der Waals surface area contributed by atoms with Crippen LogP contribution in [0.3, 0.4) is 0 Å². The molecule has 7 nitrogen and oxygen atoms in total. The molecule has 5 rings (SSSR count). The smallest absolute Gasteiger partial charge is 0.237 e. The fourth-order valence-electron chi connectivity index (χ4n) is 3.98. The highest BCUT2D eigenvalue weighted by atomic mass is 32.2. The highest BCUT2D eigenvalue weighted by molar-refractivity contribution is 8.00. The third kappa shape index (κ3) is 4.99. The number of nitrogens with one attached hydrogen (secondary N) is 1. The Kier molecular flexibility index (Phi) is 7.04. The second-order valence-electron chi connectivity index (χ2n) is 8.27. The van der Waals surface area contributed by atoms with Crippen LogP contribution in [-0.4, -0.2) is 32.5 Å². The molecule has 0 radical (unpaired) electrons. The first-order valence-corrected chi connectivity index (χ1v) is 12.6. The van der Waals surface area contributed by atoms with Gasteiger partial charge in [-0.15, -0.1) is 16.8 Å². The van der Waals surface area contributed by atoms with Crippen LogP contribution in [0.15, 0.2) is 96.7 Å². The van der Waals surface area contributed by atoms with Crippen LogP contribution in [0, 0.1) is 0 Å². The Balaban J connectivity index is 1.32. The van der Waals surface area contributed by atoms with E-state index in [2.05, 4.69) is 22.1 Å². The minimum atomic E-state index is -0.418. The summed E-state index contributed by atoms with van der Waals surface area (Å²) in [5.74, 6) is 1.89. The molecule has 0 saturated heterocycles. The Morgan fingerprint density at radius 1 is 1.08 bits per heavy atom. The standard InChI is InChI=1S/C28H26N4O3S/c1-3-17-32-26(25-18-34-23-15-9-10-16-24(23)35-25)30-31-28(32)36-19(2)27(33)29-22-14-8-7-13-21(22)20-11-5-4-6-12-20/h3-16,19,25H,1,17-18H2,2H3,(H,29,33)/t19-,25-/m1/s1. The predicted molar refractivity (Wildman–Crippen MR) is 141 cm³/mol. The normalized spacial score (nSPS) is 15.2. The van der Waals surface area contributed by atoms with Gasteiger partial charge in [-0.25, -0.2) is 0 Å². The van der Waals surface area contributed by atoms with Crippen molar-refractivity contribution < 1.29 is 14.3 Å². The molecule has 1 aliphatic rings. The topological polar surface area (TPSA) is 78.3 Å². The Bertz CT molecular complexity index is 1370. The SMILES string of the molecule is C=CCn1c(S[C@H](C)C(=O)Nc2ccccc2-c2ccccc2)nnc1[C@H]1COc2ccccc2O1. The minimum absolute atomic E-state index is 0.121. The third-order valence-corrected chi connectivity index (χ3v) is 6.86. The number of carbonyl (C=O) groups is 1. The number of thioether (sulfide) groups is 1. The van der Waals surface area contributed by atoms with Gasteiger partial charge < -0.3 is 14.8 Å². The fourth-order valence-corrected chi connectivity index (χ4v) is 4.85. The molecule has 1 aromatic heterocycles. The maximum atomic E-state index is 13.2. The van der Waals surface area contributed by atoms with E-state index in [0.29, 0.717) is 35.6 Å². The number of carbonyl (C=O) groups excluding carboxylic acids is 1. The molecule has 4 aromatic rings. The Morgan fingerprint density at radius 2 is 1.81 bits per heavy atom. The zero-order valence-electron chi connectivity index (χ0n) is 19.8. The van der Waals surface area contributed by atoms with Crippen molar-refractivity contribution in [1.29, 1.82) is 0 Å². The molecule has 0 aliphatic carbocycles. The molecule has 0 spiro atoms. The van der Waals surface area contributed by atoms with E-state index in [0.717, 1.165) is 16.8 Å². The second kappa shape index (κ2) is 10.7. The van der Waals surface area contributed by atoms with Gasteiger partial charge in [0.25, 0.3) is 0 Å². The molecule has 2 heterocycles. The van der Waals surface area contributed by atoms with E-state index >= 15 is 0 Å². The Hall–Kier alpha value is -4.04. The first-order chi connectivity index (χ1) is 17.6. The van der Waals surface area contributed by atoms with Crippen molar-refractivity contribution in [3.63, 3.8) is 0 Å². The third-order valence-electron chi connectivity index (χ3n) is 5.77. The average molecular weight is 499 g/mol. The maximum Gasteiger partial charge on any atom is 0.237 e. The van der Waals surface area contributed by atoms with E-state index in [4.69, 9.17) is 9.47 Å². The molecule has 182 valence electrons. The summed E-state index contributed by atoms with van der Waals surface area (Å²) in [5, 5.41) is 12.0. The van der Waals surface area contributed by atoms with Crippen LogP contribution >= 0.6 is 11.8 Å². The second-order valence-corrected chi connectivity index (χ2v) is 9.57. The molecule has 1 N–H and O–H groups in total. The van der Waals surface area contributed by atoms with Gasteiger partial charge in [0.15, 0.2) is 28.6 Å². The molecule has 36 heavy (non-hydrogen) atoms. The molecule has 0 saturated carbocycles. The first-order valence-electron chi connectivity index (χ1n) is 11.7. The van der Waals surface area contributed by atoms with Crippen LogP contribution in [0.4, 0.5) is 5.69 Å². The number of nitrogens with zero attached hydrogens (tertiary/aromatic N) is 3. The zero-order valence-corrected chi connectivity index (χ0v) is 20.7. The van der Waals surface area contributed by atoms with E-state index in [9.17, 15) is 4.79 Å². The van der Waals surface area contributed by atoms with E-state index in [1.807, 2.05) is 90.4 Å². The van der Waals surface area contributed by atoms with E-state index in [1.165, 1.54) is 11.8 Å². The van der Waals surface area contributed by atoms with Gasteiger partial charge in [0.05, 0.1) is 5.25 Å². The quantitative estimate of drug-likeness (QED) is 0.246. The maximum absolute atomic E-state index is 13.2. The minimum Gasteiger partial charge on any atom is -0.485 e. The monoisotopic (exact) mass is 498 g/mol. The van der Waals surface area contributed by atoms with Gasteiger partial charge in [-0.2, -0.15) is 0 Å². The van der Waals surface area contributed by atoms with Crippen molar-refractivity contribution in [1.82, 2.24) is 14.8 Å². The number of aromatic nitrogens is 3. The highest BCUT2D eigenvalue weighted by Gasteiger charge is 2.29. The summed E-state index contributed by atoms with van der Waals surface area (Å²) >= 11 is 1.34. The van der Waals surface area contributed by atoms with Gasteiger partial charge in [0, 0.05) is 17.8 Å². The lowest BCUT2D eigenvalue weighted by Gasteiger charge is -2.26. The molecule has 3 aromatic carbocycles. The first kappa shape index (κ1) is 23.7. The summed E-state index contributed by atoms with van der Waals surface area (Å²) in [6.45, 7) is 6.53. The lowest BCUT2D eigenvalue weighted by atomic mass is 10.0. The van der Waals surface area contributed by atoms with Crippen LogP contribution in [0.25, 0.3) is 11.1 Å². The number of benzene rings is 3. The van der Waals surface area contributed by atoms with Gasteiger partial charge in [0.2, 0.25) is 5.91 Å². The summed E-state index contributed by atoms with van der Waals surface area (Å²) in [6.07, 6.45) is 1.36. The van der Waals surface area contributed by atoms with Gasteiger partial charge in [-0.3, -0.25) is 9.36 Å². The van der Waals surface area contributed by atoms with Crippen molar-refractivity contribution in [2.45, 2.75) is 30.0 Å². The molecule has 1 aliphatic heterocycles. The Morgan fingerprint density at radius 3 is 2.61 bits per heavy atom. The number of hydrogen-bond acceptors (Lipinski definition) is 6. The van der Waals surface area contributed by atoms with E-state index < -0.39 is 11.4 Å². The number of para-hydroxylation sites is 3. The summed E-state index contributed by atoms with van der Waals surface area (Å²) in [5.41, 5.74) is 2.77. The van der Waals surface area contributed by atoms with Gasteiger partial charge >= 0.3 is 0 Å². The largest absolute Gasteiger partial charge is 0.485 e. The van der Waals surface area contributed by atoms with E-state index in [1.54, 1.807) is 6.08 Å². The molecule has 8 heteroatoms. The number of ether oxygens (including phenoxy) is 2. The number of allylic oxidation sites excluding steroid dienone is 1. The number of hydrogen-bond donors (Lipinski definition) is 1. The average Bonchev–Trinajstić information content (AvgIpc) is 3.31. The number of amides is 1. The molecular weight excluding hydrogens is 472 g/mol. The van der Waals surface area contributed by atoms with Gasteiger partial charge in [0.1, 0.15) is 6.61 Å². The van der Waals surface area contributed by atoms with Gasteiger partial charge in [-0.1, -0.05) is 78.5 Å². The van der Waals surface area contributed by atoms with Crippen molar-refractivity contribution in [2.24, 2.45) is 0 Å². The molecule has 0 bridgehead atoms. The highest BCUT2D eigenvalue weighted by Crippen LogP contribution is 2.36. The van der Waals surface area contributed by atoms with Crippen molar-refractivity contribution >= 4 is 23.4 Å². The number of rotatable bonds is 8. The van der Waals surface area contributed by atoms with Crippen LogP contribution < -0.4 is 14.8 Å². The Labute approximate surface area is 214 Å². The summed E-state index contributed by atoms with van der Waals surface area (Å²) in [7, 11) is 0. The molecule has 0 fully saturated rings. The molecule has 0 unspecified atom stereocenters. The molecule has 2 atom stereocenters. The van der Waals surface area contributed by atoms with Crippen molar-refractivity contribution in [2.75, 3.05) is 11.9 Å². The number of anilines is 1. The summed E-state index contributed by atoms with van der Waals surface area (Å²) in [6, 6.07) is 25.3. The fraction of sp³-hybridized carbons (Fsp3) is 0.179. The summed E-state index contributed by atoms with van der Waals surface area (Å²) < 4.78 is 13.9. The summed E-state index contributed by atoms with van der Waals surface area (Å²) in [4.78, 5) is 13.2. The van der Waals surface area contributed by atoms with Crippen molar-refractivity contribution in [3.05, 3.63) is 97.3 Å². The molecular formula is C28H26N4O3S. The van der Waals surface area contributed by atoms with Crippen LogP contribution in [0.5, 0.6) is 11.5 Å². The van der Waals surface area contributed by atoms with Crippen LogP contribution in [0.2, 0.25) is 0 Å². The van der Waals surface area contributed by atoms with Crippen molar-refractivity contribution in [3.8, 4) is 22.6 Å². The predicted octanol–water partition coefficient (Wildman–Crippen LogP) is 5.76. The lowest BCUT2D eigenvalue weighted by Crippen LogP contribution is -2.25. The van der Waals surface area contributed by atoms with Gasteiger partial charge in [-0.05, 0) is 30.7 Å². The lowest BCUT2D eigenvalue weighted by molar-refractivity contribution is -0.115.